The molecule has 0 aliphatic heterocycles. The van der Waals surface area contributed by atoms with Crippen LogP contribution in [0.3, 0.4) is 0 Å². The predicted molar refractivity (Wildman–Crippen MR) is 133 cm³/mol. The van der Waals surface area contributed by atoms with Crippen molar-refractivity contribution in [3.05, 3.63) is 22.2 Å². The van der Waals surface area contributed by atoms with Gasteiger partial charge < -0.3 is 16.0 Å². The highest BCUT2D eigenvalue weighted by Gasteiger charge is 2.57. The number of nitrogens with zero attached hydrogens (tertiary/aromatic N) is 2. The number of thiocarbonyl (C=S) groups is 1. The lowest BCUT2D eigenvalue weighted by molar-refractivity contribution is 0.115. The maximum absolute atomic E-state index is 13.6. The topological polar surface area (TPSA) is 100 Å². The molecule has 8 nitrogen and oxygen atoms in total. The smallest absolute Gasteiger partial charge is 0.282 e. The lowest BCUT2D eigenvalue weighted by Crippen LogP contribution is -2.45. The van der Waals surface area contributed by atoms with E-state index in [0.717, 1.165) is 16.2 Å². The second kappa shape index (κ2) is 9.61. The first-order valence-electron chi connectivity index (χ1n) is 11.7. The van der Waals surface area contributed by atoms with E-state index in [1.807, 2.05) is 0 Å². The van der Waals surface area contributed by atoms with Crippen LogP contribution in [-0.4, -0.2) is 53.5 Å². The van der Waals surface area contributed by atoms with E-state index in [1.54, 1.807) is 0 Å². The summed E-state index contributed by atoms with van der Waals surface area (Å²) in [6.07, 6.45) is -2.71. The molecule has 2 aromatic heterocycles. The second-order valence-electron chi connectivity index (χ2n) is 9.63. The highest BCUT2D eigenvalue weighted by Crippen LogP contribution is 2.48. The Morgan fingerprint density at radius 2 is 2.00 bits per heavy atom. The summed E-state index contributed by atoms with van der Waals surface area (Å²) in [6.45, 7) is 0. The van der Waals surface area contributed by atoms with Gasteiger partial charge in [-0.05, 0) is 49.9 Å². The molecule has 4 N–H and O–H groups in total. The summed E-state index contributed by atoms with van der Waals surface area (Å²) in [4.78, 5) is 0.699. The van der Waals surface area contributed by atoms with E-state index in [4.69, 9.17) is 12.2 Å². The van der Waals surface area contributed by atoms with Crippen molar-refractivity contribution in [2.24, 2.45) is 7.05 Å². The SMILES string of the molecule is Cn1nc(C(F)F)cc1NC(=S)N[C@H]1CCc2sc(NC3CC3(F)F)c(S(=O)(=O)NC3CC(F)C3)c2C1. The average Bonchev–Trinajstić information content (AvgIpc) is 3.06. The molecule has 0 bridgehead atoms. The summed E-state index contributed by atoms with van der Waals surface area (Å²) >= 11 is 6.48. The Kier molecular flexibility index (Phi) is 6.90. The number of hydrogen-bond acceptors (Lipinski definition) is 6. The van der Waals surface area contributed by atoms with Crippen LogP contribution < -0.4 is 20.7 Å². The molecule has 16 heteroatoms. The first kappa shape index (κ1) is 26.6. The minimum Gasteiger partial charge on any atom is -0.367 e. The largest absolute Gasteiger partial charge is 0.367 e. The number of anilines is 2. The standard InChI is InChI=1S/C21H25F5N6O2S3/c1-32-16(7-13(30-32)18(23)24)29-20(35)27-10-2-3-14-12(6-10)17(19(36-14)28-15-8-21(15,25)26)37(33,34)31-11-4-9(22)5-11/h7,9-11,15,18,28,31H,2-6,8H2,1H3,(H2,27,29,35)/t9?,10-,11?,15?/m0/s1. The zero-order valence-electron chi connectivity index (χ0n) is 19.5. The number of thiophene rings is 1. The van der Waals surface area contributed by atoms with Gasteiger partial charge in [0.05, 0.1) is 6.04 Å². The quantitative estimate of drug-likeness (QED) is 0.276. The molecule has 2 saturated carbocycles. The molecule has 5 rings (SSSR count). The highest BCUT2D eigenvalue weighted by molar-refractivity contribution is 7.90. The summed E-state index contributed by atoms with van der Waals surface area (Å²) in [6, 6.07) is -0.797. The van der Waals surface area contributed by atoms with Crippen LogP contribution in [0.15, 0.2) is 11.0 Å². The fourth-order valence-electron chi connectivity index (χ4n) is 4.56. The molecule has 2 atom stereocenters. The number of aryl methyl sites for hydroxylation is 2. The summed E-state index contributed by atoms with van der Waals surface area (Å²) in [5.74, 6) is -2.64. The van der Waals surface area contributed by atoms with E-state index in [1.165, 1.54) is 17.8 Å². The van der Waals surface area contributed by atoms with Crippen molar-refractivity contribution in [2.75, 3.05) is 10.6 Å². The van der Waals surface area contributed by atoms with Gasteiger partial charge in [-0.25, -0.2) is 35.1 Å². The Morgan fingerprint density at radius 1 is 1.30 bits per heavy atom. The molecular weight excluding hydrogens is 559 g/mol. The Hall–Kier alpha value is -2.04. The van der Waals surface area contributed by atoms with Gasteiger partial charge in [0.2, 0.25) is 10.0 Å². The van der Waals surface area contributed by atoms with E-state index in [9.17, 15) is 30.4 Å². The Bertz CT molecular complexity index is 1310. The number of aromatic nitrogens is 2. The van der Waals surface area contributed by atoms with Crippen LogP contribution in [0, 0.1) is 0 Å². The van der Waals surface area contributed by atoms with Gasteiger partial charge in [0.1, 0.15) is 27.6 Å². The Balaban J connectivity index is 1.34. The van der Waals surface area contributed by atoms with Gasteiger partial charge in [0.15, 0.2) is 5.11 Å². The third-order valence-electron chi connectivity index (χ3n) is 6.71. The van der Waals surface area contributed by atoms with Gasteiger partial charge in [0, 0.05) is 36.5 Å². The summed E-state index contributed by atoms with van der Waals surface area (Å²) in [5.41, 5.74) is 0.106. The van der Waals surface area contributed by atoms with Crippen LogP contribution in [0.1, 0.15) is 48.2 Å². The molecule has 2 aromatic rings. The van der Waals surface area contributed by atoms with Crippen LogP contribution >= 0.6 is 23.6 Å². The van der Waals surface area contributed by atoms with Gasteiger partial charge in [-0.3, -0.25) is 4.68 Å². The average molecular weight is 585 g/mol. The van der Waals surface area contributed by atoms with Crippen molar-refractivity contribution in [3.63, 3.8) is 0 Å². The Labute approximate surface area is 219 Å². The van der Waals surface area contributed by atoms with Crippen LogP contribution in [0.5, 0.6) is 0 Å². The molecule has 2 heterocycles. The van der Waals surface area contributed by atoms with E-state index >= 15 is 0 Å². The van der Waals surface area contributed by atoms with Gasteiger partial charge in [-0.1, -0.05) is 0 Å². The van der Waals surface area contributed by atoms with Gasteiger partial charge in [-0.2, -0.15) is 5.10 Å². The first-order chi connectivity index (χ1) is 17.3. The second-order valence-corrected chi connectivity index (χ2v) is 12.8. The molecule has 2 fully saturated rings. The van der Waals surface area contributed by atoms with Crippen molar-refractivity contribution in [3.8, 4) is 0 Å². The number of rotatable bonds is 8. The molecule has 37 heavy (non-hydrogen) atoms. The van der Waals surface area contributed by atoms with Crippen LogP contribution in [0.25, 0.3) is 0 Å². The van der Waals surface area contributed by atoms with Crippen LogP contribution in [0.4, 0.5) is 32.8 Å². The number of nitrogens with one attached hydrogen (secondary N) is 4. The monoisotopic (exact) mass is 584 g/mol. The lowest BCUT2D eigenvalue weighted by atomic mass is 9.92. The molecule has 0 aromatic carbocycles. The highest BCUT2D eigenvalue weighted by atomic mass is 32.2. The van der Waals surface area contributed by atoms with Crippen molar-refractivity contribution >= 4 is 49.5 Å². The van der Waals surface area contributed by atoms with Gasteiger partial charge in [0.25, 0.3) is 12.3 Å². The van der Waals surface area contributed by atoms with Crippen molar-refractivity contribution in [2.45, 2.75) is 80.1 Å². The zero-order chi connectivity index (χ0) is 26.7. The third-order valence-corrected chi connectivity index (χ3v) is 9.92. The molecule has 3 aliphatic carbocycles. The van der Waals surface area contributed by atoms with Crippen molar-refractivity contribution in [1.82, 2.24) is 19.8 Å². The van der Waals surface area contributed by atoms with E-state index in [-0.39, 0.29) is 52.6 Å². The third kappa shape index (κ3) is 5.56. The minimum atomic E-state index is -4.11. The fraction of sp³-hybridized carbons (Fsp3) is 0.619. The van der Waals surface area contributed by atoms with Crippen LogP contribution in [-0.2, 0) is 29.9 Å². The predicted octanol–water partition coefficient (Wildman–Crippen LogP) is 3.86. The first-order valence-corrected chi connectivity index (χ1v) is 14.4. The minimum absolute atomic E-state index is 0.0699. The number of halogens is 5. The molecule has 3 aliphatic rings. The lowest BCUT2D eigenvalue weighted by Gasteiger charge is -2.30. The zero-order valence-corrected chi connectivity index (χ0v) is 22.0. The molecule has 0 saturated heterocycles. The molecular formula is C21H25F5N6O2S3. The van der Waals surface area contributed by atoms with Crippen molar-refractivity contribution in [1.29, 1.82) is 0 Å². The normalized spacial score (nSPS) is 26.4. The maximum Gasteiger partial charge on any atom is 0.282 e. The van der Waals surface area contributed by atoms with Crippen LogP contribution in [0.2, 0.25) is 0 Å². The molecule has 204 valence electrons. The molecule has 0 amide bonds. The number of alkyl halides is 5. The van der Waals surface area contributed by atoms with Gasteiger partial charge in [-0.15, -0.1) is 11.3 Å². The number of fused-ring (bicyclic) bond motifs is 1. The van der Waals surface area contributed by atoms with Crippen molar-refractivity contribution < 1.29 is 30.4 Å². The Morgan fingerprint density at radius 3 is 2.59 bits per heavy atom. The molecule has 1 unspecified atom stereocenters. The molecule has 0 radical (unpaired) electrons. The maximum atomic E-state index is 13.6. The summed E-state index contributed by atoms with van der Waals surface area (Å²) in [5, 5.41) is 12.6. The summed E-state index contributed by atoms with van der Waals surface area (Å²) in [7, 11) is -2.62. The van der Waals surface area contributed by atoms with E-state index in [0.29, 0.717) is 18.4 Å². The van der Waals surface area contributed by atoms with E-state index in [2.05, 4.69) is 25.8 Å². The summed E-state index contributed by atoms with van der Waals surface area (Å²) < 4.78 is 96.8. The molecule has 0 spiro atoms. The van der Waals surface area contributed by atoms with E-state index < -0.39 is 46.3 Å². The fourth-order valence-corrected chi connectivity index (χ4v) is 8.13. The number of sulfonamides is 1. The van der Waals surface area contributed by atoms with Gasteiger partial charge >= 0.3 is 0 Å². The number of hydrogen-bond donors (Lipinski definition) is 4.